The smallest absolute Gasteiger partial charge is 0.310 e. The molecule has 3 aromatic rings. The Hall–Kier alpha value is -3.94. The largest absolute Gasteiger partial charge is 0.550 e. The summed E-state index contributed by atoms with van der Waals surface area (Å²) in [6, 6.07) is 16.6. The minimum absolute atomic E-state index is 0.265. The first-order valence-corrected chi connectivity index (χ1v) is 11.0. The maximum Gasteiger partial charge on any atom is 0.310 e. The van der Waals surface area contributed by atoms with Gasteiger partial charge >= 0.3 is 5.82 Å². The summed E-state index contributed by atoms with van der Waals surface area (Å²) in [6.45, 7) is 5.26. The van der Waals surface area contributed by atoms with Gasteiger partial charge in [-0.05, 0) is 42.3 Å². The first kappa shape index (κ1) is 26.3. The number of anilines is 2. The lowest BCUT2D eigenvalue weighted by Gasteiger charge is -2.11. The second kappa shape index (κ2) is 12.3. The predicted octanol–water partition coefficient (Wildman–Crippen LogP) is 2.55. The lowest BCUT2D eigenvalue weighted by molar-refractivity contribution is -0.686. The molecular formula is C26H34N6O2. The lowest BCUT2D eigenvalue weighted by Crippen LogP contribution is -2.32. The van der Waals surface area contributed by atoms with Crippen molar-refractivity contribution in [3.63, 3.8) is 0 Å². The molecule has 0 atom stereocenters. The number of carbonyl (C=O) groups is 1. The Morgan fingerprint density at radius 2 is 1.35 bits per heavy atom. The number of carboxylic acids is 1. The molecular weight excluding hydrogens is 428 g/mol. The topological polar surface area (TPSA) is 80.1 Å². The average Bonchev–Trinajstić information content (AvgIpc) is 3.19. The van der Waals surface area contributed by atoms with E-state index >= 15 is 0 Å². The molecule has 1 aromatic heterocycles. The molecule has 180 valence electrons. The molecule has 0 fully saturated rings. The predicted molar refractivity (Wildman–Crippen MR) is 137 cm³/mol. The fourth-order valence-electron chi connectivity index (χ4n) is 3.08. The molecule has 0 unspecified atom stereocenters. The number of aliphatic carboxylic acids is 1. The van der Waals surface area contributed by atoms with Crippen LogP contribution >= 0.6 is 0 Å². The summed E-state index contributed by atoms with van der Waals surface area (Å²) in [7, 11) is 8.14. The van der Waals surface area contributed by atoms with Crippen LogP contribution in [-0.2, 0) is 4.79 Å². The lowest BCUT2D eigenvalue weighted by atomic mass is 10.2. The Kier molecular flexibility index (Phi) is 9.55. The summed E-state index contributed by atoms with van der Waals surface area (Å²) in [4.78, 5) is 13.1. The van der Waals surface area contributed by atoms with E-state index in [0.717, 1.165) is 23.9 Å². The van der Waals surface area contributed by atoms with Gasteiger partial charge in [-0.1, -0.05) is 48.3 Å². The molecule has 3 rings (SSSR count). The molecule has 0 spiro atoms. The zero-order valence-corrected chi connectivity index (χ0v) is 21.0. The molecule has 8 nitrogen and oxygen atoms in total. The number of imidazole rings is 1. The van der Waals surface area contributed by atoms with E-state index in [1.807, 2.05) is 62.4 Å². The molecule has 0 bridgehead atoms. The maximum atomic E-state index is 8.89. The van der Waals surface area contributed by atoms with Crippen LogP contribution in [0.4, 0.5) is 11.4 Å². The highest BCUT2D eigenvalue weighted by Crippen LogP contribution is 2.13. The van der Waals surface area contributed by atoms with Gasteiger partial charge in [-0.15, -0.1) is 9.35 Å². The highest BCUT2D eigenvalue weighted by molar-refractivity contribution is 5.80. The van der Waals surface area contributed by atoms with Gasteiger partial charge in [0, 0.05) is 45.5 Å². The average molecular weight is 463 g/mol. The third-order valence-electron chi connectivity index (χ3n) is 4.82. The number of aromatic nitrogens is 2. The van der Waals surface area contributed by atoms with Crippen LogP contribution < -0.4 is 19.6 Å². The van der Waals surface area contributed by atoms with E-state index in [1.54, 1.807) is 0 Å². The van der Waals surface area contributed by atoms with Gasteiger partial charge in [0.25, 0.3) is 0 Å². The number of carboxylic acid groups (broad SMARTS) is 1. The Morgan fingerprint density at radius 3 is 1.76 bits per heavy atom. The van der Waals surface area contributed by atoms with Crippen LogP contribution in [0.2, 0.25) is 0 Å². The Labute approximate surface area is 202 Å². The van der Waals surface area contributed by atoms with Crippen molar-refractivity contribution in [2.45, 2.75) is 26.7 Å². The molecule has 0 radical (unpaired) electrons. The van der Waals surface area contributed by atoms with Gasteiger partial charge in [0.15, 0.2) is 12.4 Å². The molecule has 0 N–H and O–H groups in total. The summed E-state index contributed by atoms with van der Waals surface area (Å²) in [5.74, 6) is 0.193. The molecule has 0 saturated carbocycles. The molecule has 0 amide bonds. The van der Waals surface area contributed by atoms with E-state index in [4.69, 9.17) is 9.90 Å². The van der Waals surface area contributed by atoms with Gasteiger partial charge in [-0.3, -0.25) is 0 Å². The number of nitrogens with zero attached hydrogens (tertiary/aromatic N) is 6. The third-order valence-corrected chi connectivity index (χ3v) is 4.82. The van der Waals surface area contributed by atoms with Crippen LogP contribution in [0.15, 0.2) is 71.1 Å². The number of benzene rings is 2. The Bertz CT molecular complexity index is 1030. The maximum absolute atomic E-state index is 8.89. The standard InChI is InChI=1S/C24H31N6.C2H4O2/c1-19(2)24-29(25-17-20-7-11-22(12-8-20)27(3)4)15-16-30(24)26-18-21-9-13-23(14-10-21)28(5)6;1-2(3)4/h7-19H,1-6H3;1H3,(H,3,4)/q+1;/p-1. The van der Waals surface area contributed by atoms with Crippen molar-refractivity contribution in [1.82, 2.24) is 4.68 Å². The van der Waals surface area contributed by atoms with Crippen molar-refractivity contribution in [2.24, 2.45) is 10.2 Å². The van der Waals surface area contributed by atoms with E-state index < -0.39 is 5.97 Å². The highest BCUT2D eigenvalue weighted by Gasteiger charge is 2.20. The Balaban J connectivity index is 0.000000945. The normalized spacial score (nSPS) is 11.1. The van der Waals surface area contributed by atoms with Gasteiger partial charge < -0.3 is 19.7 Å². The molecule has 0 saturated heterocycles. The van der Waals surface area contributed by atoms with Gasteiger partial charge in [-0.2, -0.15) is 0 Å². The number of carbonyl (C=O) groups excluding carboxylic acids is 1. The van der Waals surface area contributed by atoms with Crippen molar-refractivity contribution in [2.75, 3.05) is 38.0 Å². The monoisotopic (exact) mass is 462 g/mol. The van der Waals surface area contributed by atoms with Crippen LogP contribution in [-0.4, -0.2) is 51.3 Å². The van der Waals surface area contributed by atoms with Gasteiger partial charge in [0.2, 0.25) is 0 Å². The third kappa shape index (κ3) is 7.88. The van der Waals surface area contributed by atoms with E-state index in [0.29, 0.717) is 0 Å². The zero-order valence-electron chi connectivity index (χ0n) is 21.0. The van der Waals surface area contributed by atoms with Gasteiger partial charge in [-0.25, -0.2) is 0 Å². The van der Waals surface area contributed by atoms with Crippen LogP contribution in [0.5, 0.6) is 0 Å². The molecule has 1 heterocycles. The summed E-state index contributed by atoms with van der Waals surface area (Å²) < 4.78 is 3.77. The highest BCUT2D eigenvalue weighted by atomic mass is 16.4. The molecule has 0 aliphatic carbocycles. The quantitative estimate of drug-likeness (QED) is 0.399. The molecule has 0 aliphatic rings. The second-order valence-electron chi connectivity index (χ2n) is 8.45. The summed E-state index contributed by atoms with van der Waals surface area (Å²) in [5.41, 5.74) is 4.45. The van der Waals surface area contributed by atoms with E-state index in [2.05, 4.69) is 82.4 Å². The first-order chi connectivity index (χ1) is 16.1. The fourth-order valence-corrected chi connectivity index (χ4v) is 3.08. The van der Waals surface area contributed by atoms with Crippen LogP contribution in [0, 0.1) is 0 Å². The molecule has 34 heavy (non-hydrogen) atoms. The van der Waals surface area contributed by atoms with Crippen molar-refractivity contribution in [1.29, 1.82) is 0 Å². The van der Waals surface area contributed by atoms with Crippen molar-refractivity contribution >= 4 is 29.8 Å². The van der Waals surface area contributed by atoms with Crippen LogP contribution in [0.3, 0.4) is 0 Å². The number of hydrogen-bond acceptors (Lipinski definition) is 6. The molecule has 8 heteroatoms. The fraction of sp³-hybridized carbons (Fsp3) is 0.308. The van der Waals surface area contributed by atoms with Crippen molar-refractivity contribution in [3.05, 3.63) is 77.9 Å². The first-order valence-electron chi connectivity index (χ1n) is 11.0. The SMILES string of the molecule is CC(=O)[O-].CC(C)c1n(N=Cc2ccc(N(C)C)cc2)cc[n+]1N=Cc1ccc(N(C)C)cc1. The molecule has 0 aliphatic heterocycles. The minimum Gasteiger partial charge on any atom is -0.550 e. The number of hydrogen-bond donors (Lipinski definition) is 0. The van der Waals surface area contributed by atoms with Crippen LogP contribution in [0.1, 0.15) is 43.6 Å². The van der Waals surface area contributed by atoms with Crippen molar-refractivity contribution in [3.8, 4) is 0 Å². The summed E-state index contributed by atoms with van der Waals surface area (Å²) in [6.07, 6.45) is 7.62. The summed E-state index contributed by atoms with van der Waals surface area (Å²) >= 11 is 0. The van der Waals surface area contributed by atoms with Crippen molar-refractivity contribution < 1.29 is 14.6 Å². The van der Waals surface area contributed by atoms with E-state index in [9.17, 15) is 0 Å². The zero-order chi connectivity index (χ0) is 25.3. The van der Waals surface area contributed by atoms with Gasteiger partial charge in [0.1, 0.15) is 0 Å². The van der Waals surface area contributed by atoms with Crippen LogP contribution in [0.25, 0.3) is 0 Å². The summed E-state index contributed by atoms with van der Waals surface area (Å²) in [5, 5.41) is 18.2. The van der Waals surface area contributed by atoms with Gasteiger partial charge in [0.05, 0.1) is 18.3 Å². The van der Waals surface area contributed by atoms with E-state index in [1.165, 1.54) is 11.4 Å². The number of rotatable bonds is 7. The minimum atomic E-state index is -1.08. The van der Waals surface area contributed by atoms with E-state index in [-0.39, 0.29) is 5.92 Å². The second-order valence-corrected chi connectivity index (χ2v) is 8.45. The Morgan fingerprint density at radius 1 is 0.912 bits per heavy atom. The molecule has 2 aromatic carbocycles.